The number of fused-ring (bicyclic) bond motifs is 1. The first kappa shape index (κ1) is 15.4. The van der Waals surface area contributed by atoms with E-state index in [9.17, 15) is 4.79 Å². The first-order valence-corrected chi connectivity index (χ1v) is 9.80. The highest BCUT2D eigenvalue weighted by atomic mass is 16.1. The zero-order chi connectivity index (χ0) is 18.1. The molecule has 3 aromatic rings. The van der Waals surface area contributed by atoms with Crippen LogP contribution >= 0.6 is 0 Å². The van der Waals surface area contributed by atoms with Crippen LogP contribution in [0.2, 0.25) is 0 Å². The normalized spacial score (nSPS) is 25.6. The van der Waals surface area contributed by atoms with E-state index in [1.54, 1.807) is 11.6 Å². The number of aromatic nitrogens is 7. The summed E-state index contributed by atoms with van der Waals surface area (Å²) >= 11 is 0. The maximum atomic E-state index is 12.0. The Kier molecular flexibility index (Phi) is 3.07. The highest BCUT2D eigenvalue weighted by Gasteiger charge is 2.47. The molecule has 0 bridgehead atoms. The molecule has 3 aliphatic rings. The van der Waals surface area contributed by atoms with Crippen LogP contribution in [0.25, 0.3) is 5.65 Å². The van der Waals surface area contributed by atoms with Crippen molar-refractivity contribution in [1.82, 2.24) is 34.3 Å². The van der Waals surface area contributed by atoms with Crippen LogP contribution in [0.3, 0.4) is 0 Å². The van der Waals surface area contributed by atoms with Crippen molar-refractivity contribution in [3.05, 3.63) is 34.5 Å². The van der Waals surface area contributed by atoms with Gasteiger partial charge in [-0.25, -0.2) is 14.9 Å². The molecule has 9 nitrogen and oxygen atoms in total. The van der Waals surface area contributed by atoms with E-state index in [1.807, 2.05) is 12.4 Å². The highest BCUT2D eigenvalue weighted by Crippen LogP contribution is 2.51. The van der Waals surface area contributed by atoms with Crippen LogP contribution < -0.4 is 10.6 Å². The lowest BCUT2D eigenvalue weighted by Gasteiger charge is -2.28. The minimum absolute atomic E-state index is 0.0428. The van der Waals surface area contributed by atoms with E-state index < -0.39 is 0 Å². The number of nitrogens with zero attached hydrogens (tertiary/aromatic N) is 7. The molecule has 0 spiro atoms. The summed E-state index contributed by atoms with van der Waals surface area (Å²) in [6.45, 7) is 0.894. The summed E-state index contributed by atoms with van der Waals surface area (Å²) in [6, 6.07) is 0.0428. The lowest BCUT2D eigenvalue weighted by molar-refractivity contribution is 0.405. The first-order valence-electron chi connectivity index (χ1n) is 9.80. The highest BCUT2D eigenvalue weighted by molar-refractivity contribution is 5.65. The number of hydrogen-bond donors (Lipinski definition) is 1. The quantitative estimate of drug-likeness (QED) is 0.750. The molecular formula is C18H22N8O. The molecule has 1 N–H and O–H groups in total. The third-order valence-electron chi connectivity index (χ3n) is 6.40. The third kappa shape index (κ3) is 2.26. The number of aromatic amines is 1. The first-order chi connectivity index (χ1) is 13.2. The Bertz CT molecular complexity index is 1070. The van der Waals surface area contributed by atoms with E-state index in [2.05, 4.69) is 34.7 Å². The zero-order valence-corrected chi connectivity index (χ0v) is 15.2. The van der Waals surface area contributed by atoms with E-state index in [0.29, 0.717) is 17.8 Å². The Hall–Kier alpha value is -2.71. The van der Waals surface area contributed by atoms with Gasteiger partial charge in [-0.2, -0.15) is 5.10 Å². The second-order valence-electron chi connectivity index (χ2n) is 8.15. The molecule has 27 heavy (non-hydrogen) atoms. The average molecular weight is 366 g/mol. The van der Waals surface area contributed by atoms with Crippen LogP contribution in [0, 0.1) is 11.8 Å². The van der Waals surface area contributed by atoms with Crippen molar-refractivity contribution in [3.8, 4) is 0 Å². The number of nitrogens with one attached hydrogen (secondary N) is 1. The van der Waals surface area contributed by atoms with Gasteiger partial charge < -0.3 is 4.90 Å². The van der Waals surface area contributed by atoms with E-state index in [0.717, 1.165) is 36.1 Å². The number of rotatable bonds is 4. The Labute approximate surface area is 155 Å². The van der Waals surface area contributed by atoms with Crippen molar-refractivity contribution in [2.24, 2.45) is 18.9 Å². The predicted molar refractivity (Wildman–Crippen MR) is 97.5 cm³/mol. The van der Waals surface area contributed by atoms with Crippen LogP contribution in [0.15, 0.2) is 17.2 Å². The van der Waals surface area contributed by atoms with E-state index in [-0.39, 0.29) is 11.7 Å². The van der Waals surface area contributed by atoms with Gasteiger partial charge >= 0.3 is 5.69 Å². The summed E-state index contributed by atoms with van der Waals surface area (Å²) in [6.07, 6.45) is 9.78. The van der Waals surface area contributed by atoms with Gasteiger partial charge in [0.15, 0.2) is 11.6 Å². The third-order valence-corrected chi connectivity index (χ3v) is 6.40. The summed E-state index contributed by atoms with van der Waals surface area (Å²) in [7, 11) is 1.79. The molecule has 2 unspecified atom stereocenters. The Morgan fingerprint density at radius 3 is 2.67 bits per heavy atom. The molecule has 0 amide bonds. The molecule has 0 radical (unpaired) electrons. The maximum absolute atomic E-state index is 12.0. The van der Waals surface area contributed by atoms with E-state index in [1.165, 1.54) is 25.7 Å². The molecule has 6 rings (SSSR count). The zero-order valence-electron chi connectivity index (χ0n) is 15.2. The molecule has 4 heterocycles. The number of anilines is 1. The lowest BCUT2D eigenvalue weighted by atomic mass is 9.94. The average Bonchev–Trinajstić information content (AvgIpc) is 3.60. The summed E-state index contributed by atoms with van der Waals surface area (Å²) < 4.78 is 3.73. The standard InChI is InChI=1S/C18H22N8O/c1-24-15(21-23-18(24)27)13-12(10-2-3-10)6-8-25(13)16-17-22-20-14(11-4-5-11)26(17)9-7-19-16/h7,9-13H,2-6,8H2,1H3,(H,23,27). The molecule has 9 heteroatoms. The molecule has 1 aliphatic heterocycles. The molecule has 0 aromatic carbocycles. The largest absolute Gasteiger partial charge is 0.343 e. The van der Waals surface area contributed by atoms with Crippen molar-refractivity contribution < 1.29 is 0 Å². The van der Waals surface area contributed by atoms with Gasteiger partial charge in [-0.05, 0) is 43.9 Å². The minimum Gasteiger partial charge on any atom is -0.343 e. The van der Waals surface area contributed by atoms with Gasteiger partial charge in [0.2, 0.25) is 5.65 Å². The van der Waals surface area contributed by atoms with Gasteiger partial charge in [-0.1, -0.05) is 0 Å². The van der Waals surface area contributed by atoms with Crippen molar-refractivity contribution in [2.75, 3.05) is 11.4 Å². The number of H-pyrrole nitrogens is 1. The van der Waals surface area contributed by atoms with Crippen LogP contribution in [0.5, 0.6) is 0 Å². The SMILES string of the molecule is Cn1c(C2C(C3CC3)CCN2c2nccn3c(C4CC4)nnc23)n[nH]c1=O. The van der Waals surface area contributed by atoms with Gasteiger partial charge in [0, 0.05) is 31.9 Å². The smallest absolute Gasteiger partial charge is 0.343 e. The fourth-order valence-corrected chi connectivity index (χ4v) is 4.68. The second kappa shape index (κ2) is 5.40. The molecule has 1 saturated heterocycles. The lowest BCUT2D eigenvalue weighted by Crippen LogP contribution is -2.30. The fraction of sp³-hybridized carbons (Fsp3) is 0.611. The van der Waals surface area contributed by atoms with E-state index >= 15 is 0 Å². The van der Waals surface area contributed by atoms with Gasteiger partial charge in [0.05, 0.1) is 6.04 Å². The Balaban J connectivity index is 1.48. The van der Waals surface area contributed by atoms with Gasteiger partial charge in [0.25, 0.3) is 0 Å². The topological polar surface area (TPSA) is 97.0 Å². The molecular weight excluding hydrogens is 344 g/mol. The second-order valence-corrected chi connectivity index (χ2v) is 8.15. The van der Waals surface area contributed by atoms with Gasteiger partial charge in [-0.15, -0.1) is 10.2 Å². The molecule has 2 saturated carbocycles. The summed E-state index contributed by atoms with van der Waals surface area (Å²) in [4.78, 5) is 19.0. The van der Waals surface area contributed by atoms with Gasteiger partial charge in [-0.3, -0.25) is 8.97 Å². The van der Waals surface area contributed by atoms with Crippen LogP contribution in [0.1, 0.15) is 55.7 Å². The molecule has 3 fully saturated rings. The molecule has 2 aliphatic carbocycles. The molecule has 2 atom stereocenters. The van der Waals surface area contributed by atoms with Crippen molar-refractivity contribution in [2.45, 2.75) is 44.1 Å². The maximum Gasteiger partial charge on any atom is 0.343 e. The van der Waals surface area contributed by atoms with Crippen molar-refractivity contribution in [3.63, 3.8) is 0 Å². The summed E-state index contributed by atoms with van der Waals surface area (Å²) in [5, 5.41) is 15.9. The van der Waals surface area contributed by atoms with Crippen molar-refractivity contribution >= 4 is 11.5 Å². The van der Waals surface area contributed by atoms with E-state index in [4.69, 9.17) is 0 Å². The fourth-order valence-electron chi connectivity index (χ4n) is 4.68. The molecule has 3 aromatic heterocycles. The summed E-state index contributed by atoms with van der Waals surface area (Å²) in [5.41, 5.74) is 0.637. The van der Waals surface area contributed by atoms with Crippen LogP contribution in [-0.2, 0) is 7.05 Å². The summed E-state index contributed by atoms with van der Waals surface area (Å²) in [5.74, 6) is 4.41. The Morgan fingerprint density at radius 2 is 1.96 bits per heavy atom. The monoisotopic (exact) mass is 366 g/mol. The van der Waals surface area contributed by atoms with Gasteiger partial charge in [0.1, 0.15) is 5.82 Å². The predicted octanol–water partition coefficient (Wildman–Crippen LogP) is 1.40. The van der Waals surface area contributed by atoms with Crippen LogP contribution in [0.4, 0.5) is 5.82 Å². The Morgan fingerprint density at radius 1 is 1.11 bits per heavy atom. The minimum atomic E-state index is -0.170. The van der Waals surface area contributed by atoms with Crippen molar-refractivity contribution in [1.29, 1.82) is 0 Å². The number of hydrogen-bond acceptors (Lipinski definition) is 6. The molecule has 140 valence electrons. The van der Waals surface area contributed by atoms with Crippen LogP contribution in [-0.4, -0.2) is 40.9 Å².